The second kappa shape index (κ2) is 9.48. The number of fused-ring (bicyclic) bond motifs is 2. The topological polar surface area (TPSA) is 122 Å². The van der Waals surface area contributed by atoms with E-state index in [1.165, 1.54) is 63.7 Å². The number of hydrogen-bond donors (Lipinski definition) is 2. The van der Waals surface area contributed by atoms with Gasteiger partial charge in [0.25, 0.3) is 5.56 Å². The van der Waals surface area contributed by atoms with Crippen LogP contribution in [0.25, 0.3) is 11.2 Å². The molecule has 1 aliphatic heterocycles. The second-order valence-electron chi connectivity index (χ2n) is 10.7. The Morgan fingerprint density at radius 2 is 1.97 bits per heavy atom. The van der Waals surface area contributed by atoms with Crippen LogP contribution < -0.4 is 16.0 Å². The Kier molecular flexibility index (Phi) is 6.47. The lowest BCUT2D eigenvalue weighted by atomic mass is 9.52. The van der Waals surface area contributed by atoms with Gasteiger partial charge >= 0.3 is 11.7 Å². The molecule has 1 aromatic carbocycles. The number of H-pyrrole nitrogens is 1. The first-order valence-corrected chi connectivity index (χ1v) is 12.9. The highest BCUT2D eigenvalue weighted by Crippen LogP contribution is 2.55. The first-order chi connectivity index (χ1) is 17.7. The van der Waals surface area contributed by atoms with Gasteiger partial charge in [0.15, 0.2) is 5.65 Å². The molecule has 0 amide bonds. The van der Waals surface area contributed by atoms with Crippen molar-refractivity contribution in [1.82, 2.24) is 24.0 Å². The van der Waals surface area contributed by atoms with Crippen LogP contribution in [0, 0.1) is 5.92 Å². The zero-order valence-corrected chi connectivity index (χ0v) is 21.9. The van der Waals surface area contributed by atoms with Crippen LogP contribution in [0.15, 0.2) is 27.8 Å². The lowest BCUT2D eigenvalue weighted by molar-refractivity contribution is -0.136. The van der Waals surface area contributed by atoms with Crippen LogP contribution in [0.3, 0.4) is 0 Å². The number of benzene rings is 1. The molecule has 198 valence electrons. The highest BCUT2D eigenvalue weighted by Gasteiger charge is 2.53. The molecule has 2 aliphatic carbocycles. The average molecular weight is 510 g/mol. The van der Waals surface area contributed by atoms with Gasteiger partial charge in [-0.25, -0.2) is 9.78 Å². The van der Waals surface area contributed by atoms with Gasteiger partial charge in [-0.05, 0) is 68.5 Å². The third kappa shape index (κ3) is 4.17. The molecule has 1 saturated heterocycles. The minimum atomic E-state index is -1.06. The zero-order valence-electron chi connectivity index (χ0n) is 21.9. The number of piperidine rings is 1. The van der Waals surface area contributed by atoms with E-state index in [1.807, 2.05) is 0 Å². The normalized spacial score (nSPS) is 24.5. The van der Waals surface area contributed by atoms with Gasteiger partial charge in [0, 0.05) is 25.6 Å². The maximum atomic E-state index is 11.7. The SMILES string of the molecule is COc1ccc2c(c1)[C@@]13CCCC[C@H]1[C@@H](C2)N(C)CC3.Cn1c(=O)c2[nH]c(CC(=O)O)nc2n(C)c1=O. The summed E-state index contributed by atoms with van der Waals surface area (Å²) in [5.74, 6) is 0.992. The first kappa shape index (κ1) is 25.3. The molecule has 3 heterocycles. The summed E-state index contributed by atoms with van der Waals surface area (Å²) in [6.45, 7) is 1.26. The van der Waals surface area contributed by atoms with E-state index in [1.54, 1.807) is 18.2 Å². The number of imidazole rings is 1. The molecule has 3 atom stereocenters. The van der Waals surface area contributed by atoms with Gasteiger partial charge in [0.1, 0.15) is 23.5 Å². The van der Waals surface area contributed by atoms with Gasteiger partial charge in [0.2, 0.25) is 0 Å². The standard InChI is InChI=1S/C18H25NO.C9H10N4O4/c1-19-10-9-18-8-4-3-5-15(18)17(19)11-13-6-7-14(20-2)12-16(13)18;1-12-7-6(8(16)13(2)9(12)17)10-4(11-7)3-5(14)15/h6-7,12,15,17H,3-5,8-11H2,1-2H3;3H2,1-2H3,(H,10,11)(H,14,15)/t15-,17+,18+;/m0./s1. The van der Waals surface area contributed by atoms with Gasteiger partial charge < -0.3 is 19.7 Å². The molecule has 0 spiro atoms. The minimum Gasteiger partial charge on any atom is -0.497 e. The predicted octanol–water partition coefficient (Wildman–Crippen LogP) is 1.97. The quantitative estimate of drug-likeness (QED) is 0.553. The number of nitrogens with zero attached hydrogens (tertiary/aromatic N) is 4. The number of aromatic nitrogens is 4. The van der Waals surface area contributed by atoms with Gasteiger partial charge in [-0.1, -0.05) is 18.9 Å². The fraction of sp³-hybridized carbons (Fsp3) is 0.556. The Hall–Kier alpha value is -3.40. The van der Waals surface area contributed by atoms with Crippen molar-refractivity contribution >= 4 is 17.1 Å². The smallest absolute Gasteiger partial charge is 0.332 e. The van der Waals surface area contributed by atoms with E-state index in [0.29, 0.717) is 5.41 Å². The first-order valence-electron chi connectivity index (χ1n) is 12.9. The molecule has 0 radical (unpaired) electrons. The number of aliphatic carboxylic acids is 1. The molecular weight excluding hydrogens is 474 g/mol. The van der Waals surface area contributed by atoms with Crippen LogP contribution in [-0.2, 0) is 37.1 Å². The number of nitrogens with one attached hydrogen (secondary N) is 1. The van der Waals surface area contributed by atoms with Crippen LogP contribution in [0.2, 0.25) is 0 Å². The summed E-state index contributed by atoms with van der Waals surface area (Å²) in [6.07, 6.45) is 7.90. The van der Waals surface area contributed by atoms with Crippen molar-refractivity contribution in [2.75, 3.05) is 20.7 Å². The Labute approximate surface area is 214 Å². The molecule has 0 unspecified atom stereocenters. The largest absolute Gasteiger partial charge is 0.497 e. The number of rotatable bonds is 3. The van der Waals surface area contributed by atoms with Crippen molar-refractivity contribution < 1.29 is 14.6 Å². The number of carboxylic acid groups (broad SMARTS) is 1. The summed E-state index contributed by atoms with van der Waals surface area (Å²) < 4.78 is 7.63. The monoisotopic (exact) mass is 509 g/mol. The zero-order chi connectivity index (χ0) is 26.5. The molecule has 37 heavy (non-hydrogen) atoms. The molecule has 3 aromatic rings. The molecule has 2 N–H and O–H groups in total. The number of carboxylic acids is 1. The van der Waals surface area contributed by atoms with Gasteiger partial charge in [-0.2, -0.15) is 0 Å². The summed E-state index contributed by atoms with van der Waals surface area (Å²) in [7, 11) is 6.94. The molecule has 2 aromatic heterocycles. The third-order valence-electron chi connectivity index (χ3n) is 8.78. The lowest BCUT2D eigenvalue weighted by Crippen LogP contribution is -2.59. The fourth-order valence-electron chi connectivity index (χ4n) is 6.90. The number of aryl methyl sites for hydroxylation is 1. The number of likely N-dealkylation sites (N-methyl/N-ethyl adjacent to an activating group) is 1. The molecule has 3 aliphatic rings. The number of aromatic amines is 1. The highest BCUT2D eigenvalue weighted by molar-refractivity contribution is 5.73. The van der Waals surface area contributed by atoms with Crippen molar-refractivity contribution in [2.45, 2.75) is 56.4 Å². The Morgan fingerprint density at radius 1 is 1.19 bits per heavy atom. The Morgan fingerprint density at radius 3 is 2.70 bits per heavy atom. The maximum Gasteiger partial charge on any atom is 0.332 e. The van der Waals surface area contributed by atoms with Crippen molar-refractivity contribution in [2.24, 2.45) is 20.0 Å². The highest BCUT2D eigenvalue weighted by atomic mass is 16.5. The van der Waals surface area contributed by atoms with E-state index in [9.17, 15) is 14.4 Å². The van der Waals surface area contributed by atoms with E-state index < -0.39 is 17.2 Å². The maximum absolute atomic E-state index is 11.7. The summed E-state index contributed by atoms with van der Waals surface area (Å²) in [5.41, 5.74) is 2.94. The number of ether oxygens (including phenoxy) is 1. The van der Waals surface area contributed by atoms with Gasteiger partial charge in [-0.15, -0.1) is 0 Å². The Balaban J connectivity index is 0.000000154. The van der Waals surface area contributed by atoms with Gasteiger partial charge in [-0.3, -0.25) is 18.7 Å². The molecule has 10 nitrogen and oxygen atoms in total. The van der Waals surface area contributed by atoms with Crippen LogP contribution in [-0.4, -0.2) is 61.8 Å². The number of carbonyl (C=O) groups is 1. The summed E-state index contributed by atoms with van der Waals surface area (Å²) in [4.78, 5) is 43.0. The van der Waals surface area contributed by atoms with E-state index in [0.717, 1.165) is 22.3 Å². The third-order valence-corrected chi connectivity index (χ3v) is 8.78. The van der Waals surface area contributed by atoms with Crippen molar-refractivity contribution in [3.63, 3.8) is 0 Å². The molecule has 6 rings (SSSR count). The summed E-state index contributed by atoms with van der Waals surface area (Å²) in [5, 5.41) is 8.63. The van der Waals surface area contributed by atoms with Crippen LogP contribution in [0.5, 0.6) is 5.75 Å². The van der Waals surface area contributed by atoms with E-state index in [-0.39, 0.29) is 23.4 Å². The van der Waals surface area contributed by atoms with E-state index >= 15 is 0 Å². The molecule has 1 saturated carbocycles. The summed E-state index contributed by atoms with van der Waals surface area (Å²) in [6, 6.07) is 7.60. The lowest BCUT2D eigenvalue weighted by Gasteiger charge is -2.58. The minimum absolute atomic E-state index is 0.130. The van der Waals surface area contributed by atoms with Crippen molar-refractivity contribution in [3.8, 4) is 5.75 Å². The van der Waals surface area contributed by atoms with Crippen molar-refractivity contribution in [1.29, 1.82) is 0 Å². The predicted molar refractivity (Wildman–Crippen MR) is 139 cm³/mol. The van der Waals surface area contributed by atoms with Gasteiger partial charge in [0.05, 0.1) is 7.11 Å². The number of hydrogen-bond acceptors (Lipinski definition) is 6. The van der Waals surface area contributed by atoms with Crippen LogP contribution >= 0.6 is 0 Å². The second-order valence-corrected chi connectivity index (χ2v) is 10.7. The number of methoxy groups -OCH3 is 1. The molecular formula is C27H35N5O5. The number of likely N-dealkylation sites (tertiary alicyclic amines) is 1. The van der Waals surface area contributed by atoms with Crippen LogP contribution in [0.4, 0.5) is 0 Å². The average Bonchev–Trinajstić information content (AvgIpc) is 3.32. The van der Waals surface area contributed by atoms with E-state index in [2.05, 4.69) is 40.1 Å². The Bertz CT molecular complexity index is 1470. The molecule has 2 fully saturated rings. The molecule has 2 bridgehead atoms. The van der Waals surface area contributed by atoms with Crippen molar-refractivity contribution in [3.05, 3.63) is 56.0 Å². The van der Waals surface area contributed by atoms with Crippen LogP contribution in [0.1, 0.15) is 49.1 Å². The van der Waals surface area contributed by atoms with E-state index in [4.69, 9.17) is 9.84 Å². The fourth-order valence-corrected chi connectivity index (χ4v) is 6.90. The summed E-state index contributed by atoms with van der Waals surface area (Å²) >= 11 is 0. The molecule has 10 heteroatoms.